The van der Waals surface area contributed by atoms with E-state index in [1.807, 2.05) is 0 Å². The van der Waals surface area contributed by atoms with Crippen LogP contribution in [0.3, 0.4) is 0 Å². The monoisotopic (exact) mass is 199 g/mol. The number of rotatable bonds is 3. The highest BCUT2D eigenvalue weighted by molar-refractivity contribution is 5.98. The molecule has 0 unspecified atom stereocenters. The van der Waals surface area contributed by atoms with Gasteiger partial charge in [-0.2, -0.15) is 0 Å². The van der Waals surface area contributed by atoms with Crippen molar-refractivity contribution in [3.8, 4) is 0 Å². The Morgan fingerprint density at radius 1 is 1.57 bits per heavy atom. The zero-order valence-electron chi connectivity index (χ0n) is 8.44. The highest BCUT2D eigenvalue weighted by atomic mass is 16.4. The van der Waals surface area contributed by atoms with Crippen molar-refractivity contribution in [2.45, 2.75) is 38.1 Å². The summed E-state index contributed by atoms with van der Waals surface area (Å²) in [5.41, 5.74) is 5.26. The van der Waals surface area contributed by atoms with Crippen molar-refractivity contribution >= 4 is 11.7 Å². The molecule has 80 valence electrons. The quantitative estimate of drug-likeness (QED) is 0.301. The molecule has 1 fully saturated rings. The van der Waals surface area contributed by atoms with Crippen LogP contribution in [0.15, 0.2) is 5.16 Å². The van der Waals surface area contributed by atoms with Crippen LogP contribution in [0, 0.1) is 0 Å². The van der Waals surface area contributed by atoms with E-state index < -0.39 is 0 Å². The molecule has 14 heavy (non-hydrogen) atoms. The average molecular weight is 199 g/mol. The number of amides is 1. The molecule has 0 aromatic rings. The number of oxime groups is 1. The van der Waals surface area contributed by atoms with Crippen molar-refractivity contribution < 1.29 is 10.0 Å². The van der Waals surface area contributed by atoms with Crippen LogP contribution >= 0.6 is 0 Å². The first-order chi connectivity index (χ1) is 6.65. The van der Waals surface area contributed by atoms with Crippen molar-refractivity contribution in [3.05, 3.63) is 0 Å². The minimum Gasteiger partial charge on any atom is -0.409 e. The third kappa shape index (κ3) is 2.61. The lowest BCUT2D eigenvalue weighted by molar-refractivity contribution is -0.130. The second-order valence-electron chi connectivity index (χ2n) is 3.71. The maximum atomic E-state index is 11.6. The number of hydrogen-bond acceptors (Lipinski definition) is 3. The Morgan fingerprint density at radius 3 is 2.64 bits per heavy atom. The molecule has 1 amide bonds. The molecule has 0 aromatic carbocycles. The maximum absolute atomic E-state index is 11.6. The van der Waals surface area contributed by atoms with Gasteiger partial charge < -0.3 is 15.8 Å². The predicted molar refractivity (Wildman–Crippen MR) is 53.1 cm³/mol. The predicted octanol–water partition coefficient (Wildman–Crippen LogP) is 0.524. The molecule has 0 heterocycles. The summed E-state index contributed by atoms with van der Waals surface area (Å²) in [5.74, 6) is -0.105. The first-order valence-corrected chi connectivity index (χ1v) is 4.87. The molecule has 1 aliphatic rings. The zero-order chi connectivity index (χ0) is 10.6. The lowest BCUT2D eigenvalue weighted by atomic mass is 10.2. The number of carbonyl (C=O) groups excluding carboxylic acids is 1. The lowest BCUT2D eigenvalue weighted by Crippen LogP contribution is -2.37. The SMILES string of the molecule is CN(C(=O)C/C(N)=N/O)C1CCCC1. The molecular weight excluding hydrogens is 182 g/mol. The summed E-state index contributed by atoms with van der Waals surface area (Å²) in [6.07, 6.45) is 4.51. The van der Waals surface area contributed by atoms with E-state index in [0.717, 1.165) is 12.8 Å². The van der Waals surface area contributed by atoms with Crippen molar-refractivity contribution in [3.63, 3.8) is 0 Å². The Hall–Kier alpha value is -1.26. The Morgan fingerprint density at radius 2 is 2.14 bits per heavy atom. The van der Waals surface area contributed by atoms with Gasteiger partial charge in [-0.1, -0.05) is 18.0 Å². The van der Waals surface area contributed by atoms with E-state index in [4.69, 9.17) is 10.9 Å². The maximum Gasteiger partial charge on any atom is 0.230 e. The number of carbonyl (C=O) groups is 1. The van der Waals surface area contributed by atoms with Crippen LogP contribution in [0.25, 0.3) is 0 Å². The fourth-order valence-electron chi connectivity index (χ4n) is 1.81. The number of nitrogens with two attached hydrogens (primary N) is 1. The van der Waals surface area contributed by atoms with Gasteiger partial charge >= 0.3 is 0 Å². The molecule has 0 spiro atoms. The third-order valence-electron chi connectivity index (χ3n) is 2.73. The number of amidine groups is 1. The molecule has 3 N–H and O–H groups in total. The molecule has 1 rings (SSSR count). The van der Waals surface area contributed by atoms with Gasteiger partial charge in [0.25, 0.3) is 0 Å². The van der Waals surface area contributed by atoms with Gasteiger partial charge in [-0.05, 0) is 12.8 Å². The first kappa shape index (κ1) is 10.8. The van der Waals surface area contributed by atoms with Crippen molar-refractivity contribution in [2.24, 2.45) is 10.9 Å². The Labute approximate surface area is 83.6 Å². The Kier molecular flexibility index (Phi) is 3.73. The zero-order valence-corrected chi connectivity index (χ0v) is 8.44. The van der Waals surface area contributed by atoms with E-state index in [-0.39, 0.29) is 18.2 Å². The van der Waals surface area contributed by atoms with Gasteiger partial charge in [0.1, 0.15) is 5.84 Å². The molecule has 0 aliphatic heterocycles. The minimum atomic E-state index is -0.0767. The third-order valence-corrected chi connectivity index (χ3v) is 2.73. The second-order valence-corrected chi connectivity index (χ2v) is 3.71. The summed E-state index contributed by atoms with van der Waals surface area (Å²) in [6, 6.07) is 0.342. The number of hydrogen-bond donors (Lipinski definition) is 2. The molecule has 0 radical (unpaired) electrons. The van der Waals surface area contributed by atoms with Gasteiger partial charge in [0.15, 0.2) is 0 Å². The van der Waals surface area contributed by atoms with E-state index >= 15 is 0 Å². The summed E-state index contributed by atoms with van der Waals surface area (Å²) in [7, 11) is 1.78. The Bertz CT molecular complexity index is 234. The average Bonchev–Trinajstić information content (AvgIpc) is 2.69. The number of nitrogens with zero attached hydrogens (tertiary/aromatic N) is 2. The molecule has 0 aromatic heterocycles. The van der Waals surface area contributed by atoms with Crippen LogP contribution in [0.2, 0.25) is 0 Å². The van der Waals surface area contributed by atoms with E-state index in [9.17, 15) is 4.79 Å². The molecular formula is C9H17N3O2. The van der Waals surface area contributed by atoms with E-state index in [2.05, 4.69) is 5.16 Å². The lowest BCUT2D eigenvalue weighted by Gasteiger charge is -2.23. The standard InChI is InChI=1S/C9H17N3O2/c1-12(7-4-2-3-5-7)9(13)6-8(10)11-14/h7,14H,2-6H2,1H3,(H2,10,11). The molecule has 0 bridgehead atoms. The van der Waals surface area contributed by atoms with E-state index in [1.165, 1.54) is 12.8 Å². The van der Waals surface area contributed by atoms with Crippen LogP contribution < -0.4 is 5.73 Å². The molecule has 1 saturated carbocycles. The van der Waals surface area contributed by atoms with Crippen LogP contribution in [0.1, 0.15) is 32.1 Å². The normalized spacial score (nSPS) is 18.5. The van der Waals surface area contributed by atoms with Gasteiger partial charge in [-0.15, -0.1) is 0 Å². The summed E-state index contributed by atoms with van der Waals surface area (Å²) < 4.78 is 0. The summed E-state index contributed by atoms with van der Waals surface area (Å²) in [6.45, 7) is 0. The van der Waals surface area contributed by atoms with Crippen molar-refractivity contribution in [2.75, 3.05) is 7.05 Å². The minimum absolute atomic E-state index is 0.00347. The van der Waals surface area contributed by atoms with E-state index in [0.29, 0.717) is 6.04 Å². The molecule has 5 heteroatoms. The summed E-state index contributed by atoms with van der Waals surface area (Å²) >= 11 is 0. The highest BCUT2D eigenvalue weighted by Gasteiger charge is 2.23. The first-order valence-electron chi connectivity index (χ1n) is 4.87. The topological polar surface area (TPSA) is 78.9 Å². The largest absolute Gasteiger partial charge is 0.409 e. The van der Waals surface area contributed by atoms with Gasteiger partial charge in [-0.3, -0.25) is 4.79 Å². The van der Waals surface area contributed by atoms with Crippen LogP contribution in [0.4, 0.5) is 0 Å². The highest BCUT2D eigenvalue weighted by Crippen LogP contribution is 2.22. The molecule has 1 aliphatic carbocycles. The summed E-state index contributed by atoms with van der Waals surface area (Å²) in [4.78, 5) is 13.3. The summed E-state index contributed by atoms with van der Waals surface area (Å²) in [5, 5.41) is 11.1. The molecule has 0 atom stereocenters. The van der Waals surface area contributed by atoms with Gasteiger partial charge in [0.05, 0.1) is 6.42 Å². The van der Waals surface area contributed by atoms with Gasteiger partial charge in [-0.25, -0.2) is 0 Å². The van der Waals surface area contributed by atoms with Crippen LogP contribution in [-0.2, 0) is 4.79 Å². The van der Waals surface area contributed by atoms with Gasteiger partial charge in [0.2, 0.25) is 5.91 Å². The molecule has 5 nitrogen and oxygen atoms in total. The van der Waals surface area contributed by atoms with Crippen LogP contribution in [-0.4, -0.2) is 34.9 Å². The fourth-order valence-corrected chi connectivity index (χ4v) is 1.81. The Balaban J connectivity index is 2.43. The van der Waals surface area contributed by atoms with Crippen molar-refractivity contribution in [1.29, 1.82) is 0 Å². The van der Waals surface area contributed by atoms with E-state index in [1.54, 1.807) is 11.9 Å². The molecule has 0 saturated heterocycles. The van der Waals surface area contributed by atoms with Crippen LogP contribution in [0.5, 0.6) is 0 Å². The fraction of sp³-hybridized carbons (Fsp3) is 0.778. The smallest absolute Gasteiger partial charge is 0.230 e. The van der Waals surface area contributed by atoms with Gasteiger partial charge in [0, 0.05) is 13.1 Å². The van der Waals surface area contributed by atoms with Crippen molar-refractivity contribution in [1.82, 2.24) is 4.90 Å². The second kappa shape index (κ2) is 4.83.